The average molecular weight is 386 g/mol. The Morgan fingerprint density at radius 3 is 2.41 bits per heavy atom. The second-order valence-corrected chi connectivity index (χ2v) is 7.25. The van der Waals surface area contributed by atoms with Crippen LogP contribution in [0.3, 0.4) is 0 Å². The van der Waals surface area contributed by atoms with Gasteiger partial charge in [0.15, 0.2) is 0 Å². The van der Waals surface area contributed by atoms with Gasteiger partial charge in [-0.05, 0) is 48.4 Å². The largest absolute Gasteiger partial charge is 0.508 e. The normalized spacial score (nSPS) is 16.7. The Morgan fingerprint density at radius 2 is 1.66 bits per heavy atom. The van der Waals surface area contributed by atoms with E-state index in [2.05, 4.69) is 0 Å². The van der Waals surface area contributed by atoms with Crippen LogP contribution in [-0.4, -0.2) is 41.0 Å². The standard InChI is InChI=1S/C24H22N2O3/c1-17-15-26(21-11-5-9-19(13-21)18-7-3-2-4-8-18)23(28)16-25(17)24(29)20-10-6-12-22(27)14-20/h2-14,17,27H,15-16H2,1H3. The molecule has 1 N–H and O–H groups in total. The molecule has 5 heteroatoms. The first-order valence-electron chi connectivity index (χ1n) is 9.59. The maximum atomic E-state index is 12.9. The third-order valence-corrected chi connectivity index (χ3v) is 5.20. The molecule has 1 fully saturated rings. The Kier molecular flexibility index (Phi) is 5.04. The van der Waals surface area contributed by atoms with Crippen molar-refractivity contribution >= 4 is 17.5 Å². The van der Waals surface area contributed by atoms with Crippen LogP contribution in [0, 0.1) is 0 Å². The van der Waals surface area contributed by atoms with Gasteiger partial charge in [0.1, 0.15) is 12.3 Å². The number of carbonyl (C=O) groups excluding carboxylic acids is 2. The smallest absolute Gasteiger partial charge is 0.254 e. The molecule has 1 heterocycles. The lowest BCUT2D eigenvalue weighted by atomic mass is 10.0. The number of hydrogen-bond donors (Lipinski definition) is 1. The summed E-state index contributed by atoms with van der Waals surface area (Å²) in [6.07, 6.45) is 0. The molecular weight excluding hydrogens is 364 g/mol. The zero-order chi connectivity index (χ0) is 20.4. The lowest BCUT2D eigenvalue weighted by Crippen LogP contribution is -2.57. The Hall–Kier alpha value is -3.60. The Morgan fingerprint density at radius 1 is 0.931 bits per heavy atom. The van der Waals surface area contributed by atoms with Gasteiger partial charge in [0, 0.05) is 23.8 Å². The number of phenolic OH excluding ortho intramolecular Hbond substituents is 1. The van der Waals surface area contributed by atoms with Crippen LogP contribution in [0.5, 0.6) is 5.75 Å². The number of benzene rings is 3. The molecule has 0 aromatic heterocycles. The number of anilines is 1. The van der Waals surface area contributed by atoms with Crippen LogP contribution < -0.4 is 4.90 Å². The maximum Gasteiger partial charge on any atom is 0.254 e. The summed E-state index contributed by atoms with van der Waals surface area (Å²) in [5.74, 6) is -0.340. The fourth-order valence-electron chi connectivity index (χ4n) is 3.66. The third kappa shape index (κ3) is 3.85. The van der Waals surface area contributed by atoms with Crippen LogP contribution >= 0.6 is 0 Å². The molecule has 29 heavy (non-hydrogen) atoms. The third-order valence-electron chi connectivity index (χ3n) is 5.20. The molecule has 0 bridgehead atoms. The summed E-state index contributed by atoms with van der Waals surface area (Å²) < 4.78 is 0. The van der Waals surface area contributed by atoms with E-state index >= 15 is 0 Å². The molecule has 1 saturated heterocycles. The number of rotatable bonds is 3. The number of nitrogens with zero attached hydrogens (tertiary/aromatic N) is 2. The fraction of sp³-hybridized carbons (Fsp3) is 0.167. The molecule has 1 aliphatic rings. The molecule has 1 unspecified atom stereocenters. The van der Waals surface area contributed by atoms with Crippen molar-refractivity contribution in [1.82, 2.24) is 4.90 Å². The van der Waals surface area contributed by atoms with Gasteiger partial charge in [-0.15, -0.1) is 0 Å². The number of hydrogen-bond acceptors (Lipinski definition) is 3. The highest BCUT2D eigenvalue weighted by Gasteiger charge is 2.33. The molecular formula is C24H22N2O3. The zero-order valence-corrected chi connectivity index (χ0v) is 16.2. The van der Waals surface area contributed by atoms with Crippen molar-refractivity contribution in [3.63, 3.8) is 0 Å². The van der Waals surface area contributed by atoms with E-state index in [9.17, 15) is 14.7 Å². The summed E-state index contributed by atoms with van der Waals surface area (Å²) in [4.78, 5) is 29.0. The van der Waals surface area contributed by atoms with Crippen molar-refractivity contribution < 1.29 is 14.7 Å². The highest BCUT2D eigenvalue weighted by Crippen LogP contribution is 2.27. The Labute approximate surface area is 169 Å². The van der Waals surface area contributed by atoms with Crippen LogP contribution in [0.4, 0.5) is 5.69 Å². The van der Waals surface area contributed by atoms with Gasteiger partial charge in [0.05, 0.1) is 0 Å². The average Bonchev–Trinajstić information content (AvgIpc) is 2.75. The summed E-state index contributed by atoms with van der Waals surface area (Å²) in [5, 5.41) is 9.64. The van der Waals surface area contributed by atoms with E-state index in [-0.39, 0.29) is 30.2 Å². The van der Waals surface area contributed by atoms with E-state index in [1.54, 1.807) is 21.9 Å². The molecule has 0 radical (unpaired) electrons. The monoisotopic (exact) mass is 386 g/mol. The van der Waals surface area contributed by atoms with Crippen LogP contribution in [0.25, 0.3) is 11.1 Å². The molecule has 0 aliphatic carbocycles. The van der Waals surface area contributed by atoms with Gasteiger partial charge in [-0.1, -0.05) is 48.5 Å². The highest BCUT2D eigenvalue weighted by atomic mass is 16.3. The molecule has 1 aliphatic heterocycles. The number of aromatic hydroxyl groups is 1. The lowest BCUT2D eigenvalue weighted by molar-refractivity contribution is -0.121. The zero-order valence-electron chi connectivity index (χ0n) is 16.2. The topological polar surface area (TPSA) is 60.9 Å². The predicted octanol–water partition coefficient (Wildman–Crippen LogP) is 3.94. The minimum Gasteiger partial charge on any atom is -0.508 e. The molecule has 3 aromatic rings. The molecule has 3 aromatic carbocycles. The first-order chi connectivity index (χ1) is 14.0. The molecule has 4 rings (SSSR count). The Balaban J connectivity index is 1.55. The van der Waals surface area contributed by atoms with Crippen molar-refractivity contribution in [2.45, 2.75) is 13.0 Å². The second kappa shape index (κ2) is 7.80. The first kappa shape index (κ1) is 18.7. The number of amides is 2. The van der Waals surface area contributed by atoms with E-state index < -0.39 is 0 Å². The molecule has 5 nitrogen and oxygen atoms in total. The molecule has 0 saturated carbocycles. The number of phenols is 1. The minimum absolute atomic E-state index is 0.00518. The molecule has 2 amide bonds. The van der Waals surface area contributed by atoms with Crippen molar-refractivity contribution in [1.29, 1.82) is 0 Å². The van der Waals surface area contributed by atoms with E-state index in [4.69, 9.17) is 0 Å². The number of piperazine rings is 1. The fourth-order valence-corrected chi connectivity index (χ4v) is 3.66. The van der Waals surface area contributed by atoms with Crippen molar-refractivity contribution in [2.24, 2.45) is 0 Å². The van der Waals surface area contributed by atoms with E-state index in [1.807, 2.05) is 61.5 Å². The van der Waals surface area contributed by atoms with Gasteiger partial charge in [0.25, 0.3) is 5.91 Å². The van der Waals surface area contributed by atoms with Crippen LogP contribution in [0.15, 0.2) is 78.9 Å². The summed E-state index contributed by atoms with van der Waals surface area (Å²) in [6.45, 7) is 2.36. The number of carbonyl (C=O) groups is 2. The summed E-state index contributed by atoms with van der Waals surface area (Å²) in [6, 6.07) is 24.0. The van der Waals surface area contributed by atoms with Gasteiger partial charge < -0.3 is 14.9 Å². The predicted molar refractivity (Wildman–Crippen MR) is 113 cm³/mol. The van der Waals surface area contributed by atoms with Crippen LogP contribution in [-0.2, 0) is 4.79 Å². The molecule has 0 spiro atoms. The van der Waals surface area contributed by atoms with E-state index in [0.29, 0.717) is 12.1 Å². The van der Waals surface area contributed by atoms with Crippen molar-refractivity contribution in [3.05, 3.63) is 84.4 Å². The minimum atomic E-state index is -0.251. The SMILES string of the molecule is CC1CN(c2cccc(-c3ccccc3)c2)C(=O)CN1C(=O)c1cccc(O)c1. The maximum absolute atomic E-state index is 12.9. The van der Waals surface area contributed by atoms with E-state index in [0.717, 1.165) is 16.8 Å². The Bertz CT molecular complexity index is 1050. The van der Waals surface area contributed by atoms with Gasteiger partial charge in [-0.2, -0.15) is 0 Å². The van der Waals surface area contributed by atoms with Crippen molar-refractivity contribution in [3.8, 4) is 16.9 Å². The molecule has 1 atom stereocenters. The quantitative estimate of drug-likeness (QED) is 0.742. The van der Waals surface area contributed by atoms with Gasteiger partial charge in [0.2, 0.25) is 5.91 Å². The second-order valence-electron chi connectivity index (χ2n) is 7.25. The van der Waals surface area contributed by atoms with Gasteiger partial charge in [-0.3, -0.25) is 9.59 Å². The molecule has 146 valence electrons. The summed E-state index contributed by atoms with van der Waals surface area (Å²) in [7, 11) is 0. The van der Waals surface area contributed by atoms with Gasteiger partial charge in [-0.25, -0.2) is 0 Å². The first-order valence-corrected chi connectivity index (χ1v) is 9.59. The summed E-state index contributed by atoms with van der Waals surface area (Å²) >= 11 is 0. The summed E-state index contributed by atoms with van der Waals surface area (Å²) in [5.41, 5.74) is 3.34. The van der Waals surface area contributed by atoms with Gasteiger partial charge >= 0.3 is 0 Å². The van der Waals surface area contributed by atoms with Crippen LogP contribution in [0.1, 0.15) is 17.3 Å². The highest BCUT2D eigenvalue weighted by molar-refractivity contribution is 6.02. The van der Waals surface area contributed by atoms with E-state index in [1.165, 1.54) is 12.1 Å². The van der Waals surface area contributed by atoms with Crippen molar-refractivity contribution in [2.75, 3.05) is 18.0 Å². The lowest BCUT2D eigenvalue weighted by Gasteiger charge is -2.39. The van der Waals surface area contributed by atoms with Crippen LogP contribution in [0.2, 0.25) is 0 Å².